The number of benzene rings is 1. The van der Waals surface area contributed by atoms with Crippen molar-refractivity contribution in [2.75, 3.05) is 33.3 Å². The highest BCUT2D eigenvalue weighted by Crippen LogP contribution is 2.30. The van der Waals surface area contributed by atoms with E-state index in [-0.39, 0.29) is 29.2 Å². The maximum absolute atomic E-state index is 12.5. The Hall–Kier alpha value is -2.64. The van der Waals surface area contributed by atoms with Gasteiger partial charge in [0.05, 0.1) is 7.11 Å². The van der Waals surface area contributed by atoms with E-state index in [4.69, 9.17) is 4.74 Å². The first-order valence-corrected chi connectivity index (χ1v) is 9.86. The third-order valence-electron chi connectivity index (χ3n) is 5.40. The minimum atomic E-state index is -2.94. The average Bonchev–Trinajstić information content (AvgIpc) is 3.27. The molecule has 2 amide bonds. The largest absolute Gasteiger partial charge is 0.493 e. The van der Waals surface area contributed by atoms with Gasteiger partial charge in [0.15, 0.2) is 11.5 Å². The molecule has 29 heavy (non-hydrogen) atoms. The zero-order valence-electron chi connectivity index (χ0n) is 16.5. The number of amides is 2. The first-order chi connectivity index (χ1) is 14.0. The smallest absolute Gasteiger partial charge is 0.387 e. The van der Waals surface area contributed by atoms with E-state index in [2.05, 4.69) is 4.74 Å². The van der Waals surface area contributed by atoms with Gasteiger partial charge in [0.1, 0.15) is 0 Å². The number of methoxy groups -OCH3 is 1. The van der Waals surface area contributed by atoms with E-state index < -0.39 is 6.61 Å². The molecule has 0 N–H and O–H groups in total. The van der Waals surface area contributed by atoms with E-state index >= 15 is 0 Å². The van der Waals surface area contributed by atoms with Gasteiger partial charge in [-0.2, -0.15) is 8.78 Å². The summed E-state index contributed by atoms with van der Waals surface area (Å²) in [7, 11) is 1.36. The van der Waals surface area contributed by atoms with Crippen molar-refractivity contribution in [1.82, 2.24) is 9.80 Å². The zero-order chi connectivity index (χ0) is 20.8. The molecule has 0 atom stereocenters. The van der Waals surface area contributed by atoms with Gasteiger partial charge in [-0.25, -0.2) is 0 Å². The summed E-state index contributed by atoms with van der Waals surface area (Å²) in [6.45, 7) is -0.126. The Bertz CT molecular complexity index is 755. The van der Waals surface area contributed by atoms with Crippen molar-refractivity contribution in [3.63, 3.8) is 0 Å². The minimum absolute atomic E-state index is 0.00719. The molecule has 1 aromatic carbocycles. The molecule has 0 spiro atoms. The number of hydrogen-bond donors (Lipinski definition) is 0. The second-order valence-corrected chi connectivity index (χ2v) is 7.25. The molecule has 2 aliphatic rings. The Morgan fingerprint density at radius 3 is 2.38 bits per heavy atom. The number of rotatable bonds is 6. The predicted octanol–water partition coefficient (Wildman–Crippen LogP) is 3.17. The Morgan fingerprint density at radius 1 is 1.07 bits per heavy atom. The van der Waals surface area contributed by atoms with Crippen molar-refractivity contribution in [2.45, 2.75) is 32.3 Å². The maximum Gasteiger partial charge on any atom is 0.387 e. The zero-order valence-corrected chi connectivity index (χ0v) is 16.5. The van der Waals surface area contributed by atoms with Crippen LogP contribution in [0.3, 0.4) is 0 Å². The molecule has 8 heteroatoms. The first-order valence-electron chi connectivity index (χ1n) is 9.86. The third-order valence-corrected chi connectivity index (χ3v) is 5.40. The lowest BCUT2D eigenvalue weighted by Crippen LogP contribution is -2.43. The normalized spacial score (nSPS) is 17.9. The number of carbonyl (C=O) groups excluding carboxylic acids is 2. The number of carbonyl (C=O) groups is 2. The highest BCUT2D eigenvalue weighted by Gasteiger charge is 2.30. The van der Waals surface area contributed by atoms with Crippen molar-refractivity contribution in [3.05, 3.63) is 29.8 Å². The Morgan fingerprint density at radius 2 is 1.76 bits per heavy atom. The number of nitrogens with zero attached hydrogens (tertiary/aromatic N) is 2. The van der Waals surface area contributed by atoms with Gasteiger partial charge in [0.25, 0.3) is 0 Å². The summed E-state index contributed by atoms with van der Waals surface area (Å²) < 4.78 is 34.2. The molecule has 2 saturated heterocycles. The monoisotopic (exact) mass is 408 g/mol. The molecule has 0 radical (unpaired) electrons. The molecule has 0 unspecified atom stereocenters. The molecule has 2 heterocycles. The molecule has 0 aromatic heterocycles. The fraction of sp³-hybridized carbons (Fsp3) is 0.524. The van der Waals surface area contributed by atoms with Crippen molar-refractivity contribution in [3.8, 4) is 11.5 Å². The molecule has 2 fully saturated rings. The first kappa shape index (κ1) is 21.1. The van der Waals surface area contributed by atoms with E-state index in [0.29, 0.717) is 31.5 Å². The van der Waals surface area contributed by atoms with Crippen LogP contribution in [0.15, 0.2) is 24.3 Å². The van der Waals surface area contributed by atoms with Gasteiger partial charge in [0.2, 0.25) is 11.8 Å². The van der Waals surface area contributed by atoms with Crippen LogP contribution in [0, 0.1) is 5.92 Å². The van der Waals surface area contributed by atoms with Crippen LogP contribution < -0.4 is 9.47 Å². The molecular weight excluding hydrogens is 382 g/mol. The second kappa shape index (κ2) is 9.71. The molecule has 2 aliphatic heterocycles. The minimum Gasteiger partial charge on any atom is -0.493 e. The molecule has 158 valence electrons. The number of alkyl halides is 2. The van der Waals surface area contributed by atoms with Crippen LogP contribution in [0.25, 0.3) is 6.08 Å². The summed E-state index contributed by atoms with van der Waals surface area (Å²) in [6, 6.07) is 4.48. The van der Waals surface area contributed by atoms with Gasteiger partial charge in [-0.15, -0.1) is 0 Å². The number of piperidine rings is 1. The predicted molar refractivity (Wildman–Crippen MR) is 104 cm³/mol. The molecular formula is C21H26F2N2O4. The van der Waals surface area contributed by atoms with Crippen LogP contribution in [0.2, 0.25) is 0 Å². The molecule has 0 aliphatic carbocycles. The lowest BCUT2D eigenvalue weighted by molar-refractivity contribution is -0.138. The van der Waals surface area contributed by atoms with Crippen molar-refractivity contribution >= 4 is 17.9 Å². The van der Waals surface area contributed by atoms with E-state index in [1.807, 2.05) is 4.90 Å². The standard InChI is InChI=1S/C21H26F2N2O4/c1-28-18-14-15(4-6-17(18)29-21(22)23)5-7-19(26)24-12-8-16(9-13-24)20(27)25-10-2-3-11-25/h4-7,14,16,21H,2-3,8-13H2,1H3/b7-5+. The van der Waals surface area contributed by atoms with Gasteiger partial charge < -0.3 is 19.3 Å². The summed E-state index contributed by atoms with van der Waals surface area (Å²) >= 11 is 0. The Balaban J connectivity index is 1.54. The van der Waals surface area contributed by atoms with E-state index in [0.717, 1.165) is 25.9 Å². The van der Waals surface area contributed by atoms with Crippen LogP contribution in [0.1, 0.15) is 31.2 Å². The van der Waals surface area contributed by atoms with Crippen LogP contribution >= 0.6 is 0 Å². The average molecular weight is 408 g/mol. The number of likely N-dealkylation sites (tertiary alicyclic amines) is 2. The second-order valence-electron chi connectivity index (χ2n) is 7.25. The van der Waals surface area contributed by atoms with Crippen LogP contribution in [0.4, 0.5) is 8.78 Å². The molecule has 3 rings (SSSR count). The van der Waals surface area contributed by atoms with E-state index in [9.17, 15) is 18.4 Å². The quantitative estimate of drug-likeness (QED) is 0.679. The molecule has 0 saturated carbocycles. The van der Waals surface area contributed by atoms with Gasteiger partial charge in [-0.3, -0.25) is 9.59 Å². The van der Waals surface area contributed by atoms with Crippen molar-refractivity contribution in [1.29, 1.82) is 0 Å². The SMILES string of the molecule is COc1cc(/C=C/C(=O)N2CCC(C(=O)N3CCCC3)CC2)ccc1OC(F)F. The van der Waals surface area contributed by atoms with Gasteiger partial charge >= 0.3 is 6.61 Å². The molecule has 0 bridgehead atoms. The Kier molecular flexibility index (Phi) is 7.06. The summed E-state index contributed by atoms with van der Waals surface area (Å²) in [6.07, 6.45) is 6.58. The fourth-order valence-electron chi connectivity index (χ4n) is 3.80. The summed E-state index contributed by atoms with van der Waals surface area (Å²) in [5, 5.41) is 0. The fourth-order valence-corrected chi connectivity index (χ4v) is 3.80. The van der Waals surface area contributed by atoms with Gasteiger partial charge in [-0.1, -0.05) is 6.07 Å². The highest BCUT2D eigenvalue weighted by atomic mass is 19.3. The summed E-state index contributed by atoms with van der Waals surface area (Å²) in [5.41, 5.74) is 0.635. The summed E-state index contributed by atoms with van der Waals surface area (Å²) in [5.74, 6) is 0.205. The van der Waals surface area contributed by atoms with Crippen LogP contribution in [-0.2, 0) is 9.59 Å². The number of hydrogen-bond acceptors (Lipinski definition) is 4. The third kappa shape index (κ3) is 5.46. The summed E-state index contributed by atoms with van der Waals surface area (Å²) in [4.78, 5) is 28.6. The van der Waals surface area contributed by atoms with E-state index in [1.54, 1.807) is 17.0 Å². The lowest BCUT2D eigenvalue weighted by Gasteiger charge is -2.32. The lowest BCUT2D eigenvalue weighted by atomic mass is 9.95. The van der Waals surface area contributed by atoms with Crippen LogP contribution in [-0.4, -0.2) is 61.5 Å². The van der Waals surface area contributed by atoms with Crippen molar-refractivity contribution in [2.24, 2.45) is 5.92 Å². The highest BCUT2D eigenvalue weighted by molar-refractivity contribution is 5.92. The molecule has 1 aromatic rings. The topological polar surface area (TPSA) is 59.1 Å². The maximum atomic E-state index is 12.5. The van der Waals surface area contributed by atoms with Crippen molar-refractivity contribution < 1.29 is 27.8 Å². The number of halogens is 2. The van der Waals surface area contributed by atoms with Crippen LogP contribution in [0.5, 0.6) is 11.5 Å². The van der Waals surface area contributed by atoms with Gasteiger partial charge in [0, 0.05) is 38.2 Å². The number of ether oxygens (including phenoxy) is 2. The Labute approximate surface area is 169 Å². The van der Waals surface area contributed by atoms with Gasteiger partial charge in [-0.05, 0) is 49.5 Å². The molecule has 6 nitrogen and oxygen atoms in total. The van der Waals surface area contributed by atoms with E-state index in [1.165, 1.54) is 25.3 Å².